The summed E-state index contributed by atoms with van der Waals surface area (Å²) in [5.41, 5.74) is 0.906. The molecule has 2 rings (SSSR count). The average Bonchev–Trinajstić information content (AvgIpc) is 2.99. The Labute approximate surface area is 144 Å². The fourth-order valence-electron chi connectivity index (χ4n) is 2.48. The molecule has 0 saturated carbocycles. The quantitative estimate of drug-likeness (QED) is 0.540. The molecule has 0 saturated heterocycles. The molecular formula is C19H27ClFNO. The van der Waals surface area contributed by atoms with Gasteiger partial charge in [-0.15, -0.1) is 12.4 Å². The number of hydrogen-bond donors (Lipinski definition) is 1. The Bertz CT molecular complexity index is 539. The summed E-state index contributed by atoms with van der Waals surface area (Å²) in [4.78, 5) is 0. The van der Waals surface area contributed by atoms with E-state index in [2.05, 4.69) is 12.2 Å². The molecule has 0 atom stereocenters. The zero-order valence-corrected chi connectivity index (χ0v) is 14.6. The van der Waals surface area contributed by atoms with Crippen molar-refractivity contribution in [2.24, 2.45) is 0 Å². The first-order chi connectivity index (χ1) is 10.8. The van der Waals surface area contributed by atoms with Crippen molar-refractivity contribution in [3.05, 3.63) is 48.0 Å². The average molecular weight is 340 g/mol. The van der Waals surface area contributed by atoms with E-state index < -0.39 is 0 Å². The van der Waals surface area contributed by atoms with Crippen LogP contribution in [0, 0.1) is 5.82 Å². The lowest BCUT2D eigenvalue weighted by atomic mass is 10.1. The molecule has 1 heterocycles. The van der Waals surface area contributed by atoms with Crippen molar-refractivity contribution in [1.82, 2.24) is 5.32 Å². The molecule has 0 spiro atoms. The number of furan rings is 1. The molecule has 0 aliphatic carbocycles. The summed E-state index contributed by atoms with van der Waals surface area (Å²) in [6.07, 6.45) is 7.86. The Balaban J connectivity index is 0.00000264. The molecule has 2 aromatic rings. The Morgan fingerprint density at radius 2 is 1.61 bits per heavy atom. The lowest BCUT2D eigenvalue weighted by molar-refractivity contribution is 0.485. The maximum atomic E-state index is 12.9. The van der Waals surface area contributed by atoms with Gasteiger partial charge < -0.3 is 9.73 Å². The van der Waals surface area contributed by atoms with Crippen molar-refractivity contribution >= 4 is 12.4 Å². The molecule has 4 heteroatoms. The third kappa shape index (κ3) is 7.19. The normalized spacial score (nSPS) is 10.5. The molecule has 0 unspecified atom stereocenters. The molecule has 1 N–H and O–H groups in total. The van der Waals surface area contributed by atoms with Crippen LogP contribution >= 0.6 is 12.4 Å². The number of hydrogen-bond acceptors (Lipinski definition) is 2. The molecule has 0 radical (unpaired) electrons. The highest BCUT2D eigenvalue weighted by Crippen LogP contribution is 2.22. The van der Waals surface area contributed by atoms with Crippen LogP contribution in [0.5, 0.6) is 0 Å². The minimum Gasteiger partial charge on any atom is -0.460 e. The van der Waals surface area contributed by atoms with Crippen LogP contribution in [0.25, 0.3) is 11.3 Å². The predicted molar refractivity (Wildman–Crippen MR) is 96.4 cm³/mol. The number of benzene rings is 1. The van der Waals surface area contributed by atoms with Gasteiger partial charge >= 0.3 is 0 Å². The Hall–Kier alpha value is -1.32. The van der Waals surface area contributed by atoms with Crippen LogP contribution in [0.2, 0.25) is 0 Å². The second-order valence-corrected chi connectivity index (χ2v) is 5.72. The SMILES string of the molecule is CCCCCCCCNCc1ccc(-c2ccc(F)cc2)o1.Cl. The molecule has 0 bridgehead atoms. The molecule has 1 aromatic carbocycles. The highest BCUT2D eigenvalue weighted by molar-refractivity contribution is 5.85. The van der Waals surface area contributed by atoms with Crippen molar-refractivity contribution in [2.45, 2.75) is 52.0 Å². The summed E-state index contributed by atoms with van der Waals surface area (Å²) >= 11 is 0. The minimum atomic E-state index is -0.226. The van der Waals surface area contributed by atoms with E-state index in [1.807, 2.05) is 12.1 Å². The first kappa shape index (κ1) is 19.7. The lowest BCUT2D eigenvalue weighted by Gasteiger charge is -2.03. The van der Waals surface area contributed by atoms with Crippen LogP contribution in [-0.4, -0.2) is 6.54 Å². The Morgan fingerprint density at radius 3 is 2.35 bits per heavy atom. The maximum Gasteiger partial charge on any atom is 0.134 e. The van der Waals surface area contributed by atoms with Crippen LogP contribution in [0.15, 0.2) is 40.8 Å². The van der Waals surface area contributed by atoms with Crippen LogP contribution < -0.4 is 5.32 Å². The molecule has 0 fully saturated rings. The summed E-state index contributed by atoms with van der Waals surface area (Å²) in [7, 11) is 0. The summed E-state index contributed by atoms with van der Waals surface area (Å²) in [6.45, 7) is 4.01. The van der Waals surface area contributed by atoms with Crippen molar-refractivity contribution in [3.8, 4) is 11.3 Å². The van der Waals surface area contributed by atoms with Gasteiger partial charge in [-0.2, -0.15) is 0 Å². The number of nitrogens with one attached hydrogen (secondary N) is 1. The van der Waals surface area contributed by atoms with Gasteiger partial charge in [-0.1, -0.05) is 39.0 Å². The van der Waals surface area contributed by atoms with Crippen molar-refractivity contribution in [1.29, 1.82) is 0 Å². The van der Waals surface area contributed by atoms with Gasteiger partial charge in [-0.3, -0.25) is 0 Å². The fourth-order valence-corrected chi connectivity index (χ4v) is 2.48. The molecule has 0 aliphatic rings. The van der Waals surface area contributed by atoms with Gasteiger partial charge in [0.15, 0.2) is 0 Å². The smallest absolute Gasteiger partial charge is 0.134 e. The molecule has 1 aromatic heterocycles. The first-order valence-corrected chi connectivity index (χ1v) is 8.35. The van der Waals surface area contributed by atoms with Crippen LogP contribution in [0.1, 0.15) is 51.2 Å². The molecule has 23 heavy (non-hydrogen) atoms. The van der Waals surface area contributed by atoms with Crippen molar-refractivity contribution < 1.29 is 8.81 Å². The second kappa shape index (κ2) is 11.3. The standard InChI is InChI=1S/C19H26FNO.ClH/c1-2-3-4-5-6-7-14-21-15-18-12-13-19(22-18)16-8-10-17(20)11-9-16;/h8-13,21H,2-7,14-15H2,1H3;1H. The van der Waals surface area contributed by atoms with E-state index in [9.17, 15) is 4.39 Å². The molecule has 2 nitrogen and oxygen atoms in total. The lowest BCUT2D eigenvalue weighted by Crippen LogP contribution is -2.14. The molecular weight excluding hydrogens is 313 g/mol. The van der Waals surface area contributed by atoms with Crippen LogP contribution in [0.4, 0.5) is 4.39 Å². The third-order valence-corrected chi connectivity index (χ3v) is 3.80. The van der Waals surface area contributed by atoms with Crippen LogP contribution in [-0.2, 0) is 6.54 Å². The first-order valence-electron chi connectivity index (χ1n) is 8.35. The van der Waals surface area contributed by atoms with E-state index in [1.165, 1.54) is 50.7 Å². The van der Waals surface area contributed by atoms with Gasteiger partial charge in [0.1, 0.15) is 17.3 Å². The number of rotatable bonds is 10. The zero-order chi connectivity index (χ0) is 15.6. The Kier molecular flexibility index (Phi) is 9.65. The largest absolute Gasteiger partial charge is 0.460 e. The van der Waals surface area contributed by atoms with Gasteiger partial charge in [-0.25, -0.2) is 4.39 Å². The van der Waals surface area contributed by atoms with Gasteiger partial charge in [0, 0.05) is 5.56 Å². The van der Waals surface area contributed by atoms with Crippen LogP contribution in [0.3, 0.4) is 0 Å². The molecule has 0 amide bonds. The fraction of sp³-hybridized carbons (Fsp3) is 0.474. The predicted octanol–water partition coefficient (Wildman–Crippen LogP) is 5.96. The topological polar surface area (TPSA) is 25.2 Å². The van der Waals surface area contributed by atoms with E-state index in [1.54, 1.807) is 12.1 Å². The number of unbranched alkanes of at least 4 members (excludes halogenated alkanes) is 5. The van der Waals surface area contributed by atoms with Crippen molar-refractivity contribution in [3.63, 3.8) is 0 Å². The molecule has 128 valence electrons. The minimum absolute atomic E-state index is 0. The Morgan fingerprint density at radius 1 is 0.913 bits per heavy atom. The zero-order valence-electron chi connectivity index (χ0n) is 13.8. The van der Waals surface area contributed by atoms with Gasteiger partial charge in [0.25, 0.3) is 0 Å². The highest BCUT2D eigenvalue weighted by atomic mass is 35.5. The van der Waals surface area contributed by atoms with Crippen molar-refractivity contribution in [2.75, 3.05) is 6.54 Å². The highest BCUT2D eigenvalue weighted by Gasteiger charge is 2.04. The van der Waals surface area contributed by atoms with E-state index in [-0.39, 0.29) is 18.2 Å². The van der Waals surface area contributed by atoms with E-state index in [0.717, 1.165) is 30.2 Å². The summed E-state index contributed by atoms with van der Waals surface area (Å²) in [5.74, 6) is 1.48. The van der Waals surface area contributed by atoms with Gasteiger partial charge in [0.2, 0.25) is 0 Å². The summed E-state index contributed by atoms with van der Waals surface area (Å²) < 4.78 is 18.7. The summed E-state index contributed by atoms with van der Waals surface area (Å²) in [6, 6.07) is 10.3. The second-order valence-electron chi connectivity index (χ2n) is 5.72. The van der Waals surface area contributed by atoms with Gasteiger partial charge in [0.05, 0.1) is 6.54 Å². The van der Waals surface area contributed by atoms with Gasteiger partial charge in [-0.05, 0) is 49.4 Å². The number of halogens is 2. The van der Waals surface area contributed by atoms with E-state index in [0.29, 0.717) is 0 Å². The van der Waals surface area contributed by atoms with E-state index >= 15 is 0 Å². The third-order valence-electron chi connectivity index (χ3n) is 3.80. The maximum absolute atomic E-state index is 12.9. The monoisotopic (exact) mass is 339 g/mol. The molecule has 0 aliphatic heterocycles. The van der Waals surface area contributed by atoms with E-state index in [4.69, 9.17) is 4.42 Å². The summed E-state index contributed by atoms with van der Waals surface area (Å²) in [5, 5.41) is 3.41.